The van der Waals surface area contributed by atoms with E-state index in [4.69, 9.17) is 0 Å². The van der Waals surface area contributed by atoms with Crippen molar-refractivity contribution >= 4 is 42.1 Å². The highest BCUT2D eigenvalue weighted by Crippen LogP contribution is 2.23. The summed E-state index contributed by atoms with van der Waals surface area (Å²) in [4.78, 5) is 16.3. The number of carbonyl (C=O) groups is 1. The third-order valence-electron chi connectivity index (χ3n) is 3.17. The molecule has 7 heteroatoms. The molecule has 0 saturated carbocycles. The number of thiazole rings is 1. The lowest BCUT2D eigenvalue weighted by molar-refractivity contribution is 0.0938. The zero-order valence-corrected chi connectivity index (χ0v) is 13.7. The number of amides is 1. The van der Waals surface area contributed by atoms with E-state index in [9.17, 15) is 4.79 Å². The lowest BCUT2D eigenvalue weighted by atomic mass is 10.0. The summed E-state index contributed by atoms with van der Waals surface area (Å²) in [7, 11) is 0. The summed E-state index contributed by atoms with van der Waals surface area (Å²) in [5.41, 5.74) is 1.56. The fourth-order valence-electron chi connectivity index (χ4n) is 1.91. The first kappa shape index (κ1) is 17.9. The summed E-state index contributed by atoms with van der Waals surface area (Å²) in [5.74, 6) is 0.488. The van der Waals surface area contributed by atoms with Crippen LogP contribution in [-0.4, -0.2) is 30.5 Å². The van der Waals surface area contributed by atoms with E-state index in [2.05, 4.69) is 15.6 Å². The van der Waals surface area contributed by atoms with Gasteiger partial charge < -0.3 is 10.6 Å². The second-order valence-corrected chi connectivity index (χ2v) is 5.50. The Balaban J connectivity index is 0.00000110. The molecule has 2 aromatic rings. The van der Waals surface area contributed by atoms with Crippen LogP contribution in [0.2, 0.25) is 0 Å². The minimum atomic E-state index is -0.0784. The van der Waals surface area contributed by atoms with E-state index in [0.29, 0.717) is 11.6 Å². The third kappa shape index (κ3) is 4.41. The predicted molar refractivity (Wildman–Crippen MR) is 90.7 cm³/mol. The molecule has 114 valence electrons. The second-order valence-electron chi connectivity index (χ2n) is 4.64. The topological polar surface area (TPSA) is 54.0 Å². The Labute approximate surface area is 140 Å². The Morgan fingerprint density at radius 3 is 2.62 bits per heavy atom. The molecule has 1 amide bonds. The smallest absolute Gasteiger partial charge is 0.270 e. The number of carbonyl (C=O) groups excluding carboxylic acids is 1. The van der Waals surface area contributed by atoms with Crippen molar-refractivity contribution in [3.63, 3.8) is 0 Å². The quantitative estimate of drug-likeness (QED) is 0.895. The van der Waals surface area contributed by atoms with E-state index < -0.39 is 0 Å². The Bertz CT molecular complexity index is 573. The van der Waals surface area contributed by atoms with Crippen molar-refractivity contribution in [3.8, 4) is 10.6 Å². The maximum Gasteiger partial charge on any atom is 0.270 e. The minimum absolute atomic E-state index is 0. The molecule has 2 N–H and O–H groups in total. The lowest BCUT2D eigenvalue weighted by Gasteiger charge is -2.26. The number of halogens is 2. The molecule has 1 aliphatic heterocycles. The van der Waals surface area contributed by atoms with Crippen molar-refractivity contribution in [1.82, 2.24) is 15.6 Å². The molecule has 0 spiro atoms. The number of hydrogen-bond acceptors (Lipinski definition) is 4. The van der Waals surface area contributed by atoms with Crippen molar-refractivity contribution in [3.05, 3.63) is 41.4 Å². The maximum absolute atomic E-state index is 11.9. The van der Waals surface area contributed by atoms with Gasteiger partial charge in [0.2, 0.25) is 0 Å². The fraction of sp³-hybridized carbons (Fsp3) is 0.286. The molecule has 1 fully saturated rings. The van der Waals surface area contributed by atoms with Gasteiger partial charge in [0.15, 0.2) is 0 Å². The molecule has 0 aliphatic carbocycles. The maximum atomic E-state index is 11.9. The molecule has 0 unspecified atom stereocenters. The Hall–Kier alpha value is -1.14. The first-order chi connectivity index (χ1) is 9.33. The number of rotatable bonds is 4. The molecular weight excluding hydrogens is 329 g/mol. The summed E-state index contributed by atoms with van der Waals surface area (Å²) in [5, 5.41) is 8.82. The molecule has 1 aromatic heterocycles. The minimum Gasteiger partial charge on any atom is -0.350 e. The van der Waals surface area contributed by atoms with Gasteiger partial charge in [0.25, 0.3) is 5.91 Å². The monoisotopic (exact) mass is 345 g/mol. The first-order valence-corrected chi connectivity index (χ1v) is 7.21. The van der Waals surface area contributed by atoms with Crippen LogP contribution >= 0.6 is 36.2 Å². The van der Waals surface area contributed by atoms with E-state index >= 15 is 0 Å². The van der Waals surface area contributed by atoms with E-state index in [1.807, 2.05) is 35.7 Å². The van der Waals surface area contributed by atoms with Gasteiger partial charge in [0.1, 0.15) is 10.7 Å². The standard InChI is InChI=1S/C14H15N3OS.2ClH/c18-13(16-8-10-6-15-7-10)12-9-19-14(17-12)11-4-2-1-3-5-11;;/h1-5,9-10,15H,6-8H2,(H,16,18);2*1H. The van der Waals surface area contributed by atoms with Crippen LogP contribution in [0.25, 0.3) is 10.6 Å². The molecular formula is C14H17Cl2N3OS. The fourth-order valence-corrected chi connectivity index (χ4v) is 2.72. The van der Waals surface area contributed by atoms with E-state index in [-0.39, 0.29) is 30.7 Å². The molecule has 1 aliphatic rings. The van der Waals surface area contributed by atoms with Gasteiger partial charge in [0, 0.05) is 36.5 Å². The SMILES string of the molecule is Cl.Cl.O=C(NCC1CNC1)c1csc(-c2ccccc2)n1. The zero-order chi connectivity index (χ0) is 13.1. The van der Waals surface area contributed by atoms with Gasteiger partial charge in [-0.2, -0.15) is 0 Å². The Kier molecular flexibility index (Phi) is 7.11. The third-order valence-corrected chi connectivity index (χ3v) is 4.07. The molecule has 0 atom stereocenters. The molecule has 1 aromatic carbocycles. The highest BCUT2D eigenvalue weighted by molar-refractivity contribution is 7.13. The zero-order valence-electron chi connectivity index (χ0n) is 11.2. The summed E-state index contributed by atoms with van der Waals surface area (Å²) in [6.45, 7) is 2.71. The molecule has 21 heavy (non-hydrogen) atoms. The van der Waals surface area contributed by atoms with E-state index in [1.54, 1.807) is 0 Å². The number of benzene rings is 1. The Morgan fingerprint density at radius 1 is 1.29 bits per heavy atom. The molecule has 1 saturated heterocycles. The van der Waals surface area contributed by atoms with Crippen LogP contribution in [0.5, 0.6) is 0 Å². The average Bonchev–Trinajstić information content (AvgIpc) is 2.87. The molecule has 0 bridgehead atoms. The second kappa shape index (κ2) is 8.34. The van der Waals surface area contributed by atoms with Crippen molar-refractivity contribution in [2.75, 3.05) is 19.6 Å². The van der Waals surface area contributed by atoms with Crippen LogP contribution in [0, 0.1) is 5.92 Å². The van der Waals surface area contributed by atoms with Crippen molar-refractivity contribution < 1.29 is 4.79 Å². The first-order valence-electron chi connectivity index (χ1n) is 6.33. The molecule has 0 radical (unpaired) electrons. The van der Waals surface area contributed by atoms with Gasteiger partial charge in [-0.25, -0.2) is 4.98 Å². The van der Waals surface area contributed by atoms with E-state index in [1.165, 1.54) is 11.3 Å². The van der Waals surface area contributed by atoms with Gasteiger partial charge in [-0.1, -0.05) is 30.3 Å². The number of hydrogen-bond donors (Lipinski definition) is 2. The predicted octanol–water partition coefficient (Wildman–Crippen LogP) is 2.60. The van der Waals surface area contributed by atoms with Gasteiger partial charge in [-0.05, 0) is 0 Å². The van der Waals surface area contributed by atoms with Crippen LogP contribution < -0.4 is 10.6 Å². The normalized spacial score (nSPS) is 13.5. The van der Waals surface area contributed by atoms with Crippen LogP contribution in [0.15, 0.2) is 35.7 Å². The highest BCUT2D eigenvalue weighted by atomic mass is 35.5. The van der Waals surface area contributed by atoms with Crippen molar-refractivity contribution in [2.24, 2.45) is 5.92 Å². The average molecular weight is 346 g/mol. The highest BCUT2D eigenvalue weighted by Gasteiger charge is 2.18. The molecule has 3 rings (SSSR count). The van der Waals surface area contributed by atoms with Gasteiger partial charge >= 0.3 is 0 Å². The van der Waals surface area contributed by atoms with Crippen LogP contribution in [0.4, 0.5) is 0 Å². The molecule has 4 nitrogen and oxygen atoms in total. The summed E-state index contributed by atoms with van der Waals surface area (Å²) >= 11 is 1.50. The van der Waals surface area contributed by atoms with Crippen molar-refractivity contribution in [1.29, 1.82) is 0 Å². The number of aromatic nitrogens is 1. The summed E-state index contributed by atoms with van der Waals surface area (Å²) < 4.78 is 0. The molecule has 2 heterocycles. The lowest BCUT2D eigenvalue weighted by Crippen LogP contribution is -2.48. The number of nitrogens with zero attached hydrogens (tertiary/aromatic N) is 1. The van der Waals surface area contributed by atoms with Gasteiger partial charge in [-0.15, -0.1) is 36.2 Å². The van der Waals surface area contributed by atoms with Crippen LogP contribution in [0.3, 0.4) is 0 Å². The Morgan fingerprint density at radius 2 is 2.00 bits per heavy atom. The largest absolute Gasteiger partial charge is 0.350 e. The summed E-state index contributed by atoms with van der Waals surface area (Å²) in [6.07, 6.45) is 0. The van der Waals surface area contributed by atoms with Crippen LogP contribution in [-0.2, 0) is 0 Å². The van der Waals surface area contributed by atoms with Gasteiger partial charge in [-0.3, -0.25) is 4.79 Å². The van der Waals surface area contributed by atoms with E-state index in [0.717, 1.165) is 30.2 Å². The number of nitrogens with one attached hydrogen (secondary N) is 2. The van der Waals surface area contributed by atoms with Crippen molar-refractivity contribution in [2.45, 2.75) is 0 Å². The van der Waals surface area contributed by atoms with Gasteiger partial charge in [0.05, 0.1) is 0 Å². The summed E-state index contributed by atoms with van der Waals surface area (Å²) in [6, 6.07) is 9.92. The van der Waals surface area contributed by atoms with Crippen LogP contribution in [0.1, 0.15) is 10.5 Å².